The Morgan fingerprint density at radius 2 is 1.80 bits per heavy atom. The van der Waals surface area contributed by atoms with E-state index in [0.717, 1.165) is 16.7 Å². The smallest absolute Gasteiger partial charge is 0.163 e. The Labute approximate surface area is 118 Å². The van der Waals surface area contributed by atoms with Crippen LogP contribution in [0.2, 0.25) is 0 Å². The van der Waals surface area contributed by atoms with Gasteiger partial charge in [-0.2, -0.15) is 0 Å². The van der Waals surface area contributed by atoms with Crippen molar-refractivity contribution in [3.8, 4) is 5.75 Å². The topological polar surface area (TPSA) is 26.3 Å². The zero-order valence-electron chi connectivity index (χ0n) is 11.9. The second-order valence-electron chi connectivity index (χ2n) is 4.86. The molecule has 0 unspecified atom stereocenters. The van der Waals surface area contributed by atoms with Crippen LogP contribution in [-0.4, -0.2) is 5.78 Å². The van der Waals surface area contributed by atoms with Crippen LogP contribution >= 0.6 is 0 Å². The van der Waals surface area contributed by atoms with E-state index in [4.69, 9.17) is 4.74 Å². The number of Topliss-reactive ketones (excluding diaryl/α,β-unsaturated/α-hetero) is 1. The number of carbonyl (C=O) groups excluding carboxylic acids is 1. The third-order valence-corrected chi connectivity index (χ3v) is 3.34. The van der Waals surface area contributed by atoms with Gasteiger partial charge in [-0.15, -0.1) is 0 Å². The van der Waals surface area contributed by atoms with Crippen molar-refractivity contribution in [3.05, 3.63) is 64.5 Å². The lowest BCUT2D eigenvalue weighted by Gasteiger charge is -2.13. The minimum absolute atomic E-state index is 0.137. The van der Waals surface area contributed by atoms with E-state index in [2.05, 4.69) is 0 Å². The summed E-state index contributed by atoms with van der Waals surface area (Å²) >= 11 is 0. The van der Waals surface area contributed by atoms with Gasteiger partial charge in [-0.25, -0.2) is 4.39 Å². The van der Waals surface area contributed by atoms with E-state index in [0.29, 0.717) is 17.9 Å². The molecule has 0 saturated carbocycles. The van der Waals surface area contributed by atoms with Crippen molar-refractivity contribution in [1.82, 2.24) is 0 Å². The minimum Gasteiger partial charge on any atom is -0.488 e. The standard InChI is InChI=1S/C17H17FO2/c1-11-5-4-6-12(2)16(11)10-20-17-9-14(18)7-8-15(17)13(3)19/h4-9H,10H2,1-3H3. The predicted molar refractivity (Wildman–Crippen MR) is 76.7 cm³/mol. The molecule has 0 aromatic heterocycles. The molecule has 3 heteroatoms. The highest BCUT2D eigenvalue weighted by atomic mass is 19.1. The lowest BCUT2D eigenvalue weighted by atomic mass is 10.0. The maximum atomic E-state index is 13.3. The summed E-state index contributed by atoms with van der Waals surface area (Å²) in [7, 11) is 0. The highest BCUT2D eigenvalue weighted by Crippen LogP contribution is 2.23. The van der Waals surface area contributed by atoms with E-state index < -0.39 is 5.82 Å². The van der Waals surface area contributed by atoms with Gasteiger partial charge < -0.3 is 4.74 Å². The number of ether oxygens (including phenoxy) is 1. The lowest BCUT2D eigenvalue weighted by molar-refractivity contribution is 0.101. The van der Waals surface area contributed by atoms with Crippen LogP contribution < -0.4 is 4.74 Å². The molecule has 0 aliphatic rings. The Hall–Kier alpha value is -2.16. The van der Waals surface area contributed by atoms with Crippen LogP contribution in [-0.2, 0) is 6.61 Å². The van der Waals surface area contributed by atoms with Gasteiger partial charge in [0.25, 0.3) is 0 Å². The molecule has 0 N–H and O–H groups in total. The van der Waals surface area contributed by atoms with Gasteiger partial charge in [0.1, 0.15) is 18.2 Å². The molecule has 0 aliphatic carbocycles. The summed E-state index contributed by atoms with van der Waals surface area (Å²) in [4.78, 5) is 11.5. The summed E-state index contributed by atoms with van der Waals surface area (Å²) in [5, 5.41) is 0. The molecule has 20 heavy (non-hydrogen) atoms. The molecule has 0 spiro atoms. The van der Waals surface area contributed by atoms with E-state index >= 15 is 0 Å². The van der Waals surface area contributed by atoms with E-state index in [-0.39, 0.29) is 5.78 Å². The monoisotopic (exact) mass is 272 g/mol. The summed E-state index contributed by atoms with van der Waals surface area (Å²) < 4.78 is 19.0. The zero-order chi connectivity index (χ0) is 14.7. The fourth-order valence-electron chi connectivity index (χ4n) is 2.13. The van der Waals surface area contributed by atoms with Crippen LogP contribution in [0, 0.1) is 19.7 Å². The van der Waals surface area contributed by atoms with Gasteiger partial charge in [0.05, 0.1) is 5.56 Å². The minimum atomic E-state index is -0.411. The molecule has 0 fully saturated rings. The number of carbonyl (C=O) groups is 1. The van der Waals surface area contributed by atoms with Crippen molar-refractivity contribution in [3.63, 3.8) is 0 Å². The largest absolute Gasteiger partial charge is 0.488 e. The van der Waals surface area contributed by atoms with Gasteiger partial charge in [-0.1, -0.05) is 18.2 Å². The van der Waals surface area contributed by atoms with E-state index in [1.165, 1.54) is 25.1 Å². The van der Waals surface area contributed by atoms with Crippen LogP contribution in [0.1, 0.15) is 34.0 Å². The second-order valence-corrected chi connectivity index (χ2v) is 4.86. The van der Waals surface area contributed by atoms with Crippen molar-refractivity contribution < 1.29 is 13.9 Å². The Bertz CT molecular complexity index is 627. The number of halogens is 1. The first-order chi connectivity index (χ1) is 9.49. The first-order valence-electron chi connectivity index (χ1n) is 6.47. The average molecular weight is 272 g/mol. The molecule has 2 rings (SSSR count). The van der Waals surface area contributed by atoms with E-state index in [9.17, 15) is 9.18 Å². The first kappa shape index (κ1) is 14.3. The SMILES string of the molecule is CC(=O)c1ccc(F)cc1OCc1c(C)cccc1C. The fraction of sp³-hybridized carbons (Fsp3) is 0.235. The maximum Gasteiger partial charge on any atom is 0.163 e. The van der Waals surface area contributed by atoms with Crippen molar-refractivity contribution in [2.75, 3.05) is 0 Å². The van der Waals surface area contributed by atoms with Crippen molar-refractivity contribution >= 4 is 5.78 Å². The van der Waals surface area contributed by atoms with Crippen LogP contribution in [0.25, 0.3) is 0 Å². The number of hydrogen-bond donors (Lipinski definition) is 0. The van der Waals surface area contributed by atoms with E-state index in [1.54, 1.807) is 0 Å². The number of ketones is 1. The predicted octanol–water partition coefficient (Wildman–Crippen LogP) is 4.22. The number of rotatable bonds is 4. The third-order valence-electron chi connectivity index (χ3n) is 3.34. The third kappa shape index (κ3) is 3.05. The van der Waals surface area contributed by atoms with Crippen molar-refractivity contribution in [2.45, 2.75) is 27.4 Å². The second kappa shape index (κ2) is 5.87. The van der Waals surface area contributed by atoms with Crippen molar-refractivity contribution in [1.29, 1.82) is 0 Å². The van der Waals surface area contributed by atoms with Crippen LogP contribution in [0.3, 0.4) is 0 Å². The summed E-state index contributed by atoms with van der Waals surface area (Å²) in [6.07, 6.45) is 0. The highest BCUT2D eigenvalue weighted by molar-refractivity contribution is 5.96. The van der Waals surface area contributed by atoms with Gasteiger partial charge in [0, 0.05) is 6.07 Å². The molecule has 0 amide bonds. The molecule has 2 aromatic carbocycles. The molecule has 0 saturated heterocycles. The molecule has 0 aliphatic heterocycles. The molecular formula is C17H17FO2. The van der Waals surface area contributed by atoms with Gasteiger partial charge in [-0.3, -0.25) is 4.79 Å². The summed E-state index contributed by atoms with van der Waals surface area (Å²) in [5.74, 6) is -0.256. The molecule has 2 aromatic rings. The first-order valence-corrected chi connectivity index (χ1v) is 6.47. The number of hydrogen-bond acceptors (Lipinski definition) is 2. The summed E-state index contributed by atoms with van der Waals surface area (Å²) in [6, 6.07) is 9.97. The Balaban J connectivity index is 2.27. The molecule has 2 nitrogen and oxygen atoms in total. The summed E-state index contributed by atoms with van der Waals surface area (Å²) in [6.45, 7) is 5.77. The summed E-state index contributed by atoms with van der Waals surface area (Å²) in [5.41, 5.74) is 3.69. The lowest BCUT2D eigenvalue weighted by Crippen LogP contribution is -2.04. The van der Waals surface area contributed by atoms with Gasteiger partial charge in [0.2, 0.25) is 0 Å². The number of aryl methyl sites for hydroxylation is 2. The normalized spacial score (nSPS) is 10.4. The molecule has 0 heterocycles. The van der Waals surface area contributed by atoms with Gasteiger partial charge in [-0.05, 0) is 49.6 Å². The van der Waals surface area contributed by atoms with Gasteiger partial charge in [0.15, 0.2) is 5.78 Å². The fourth-order valence-corrected chi connectivity index (χ4v) is 2.13. The molecule has 0 bridgehead atoms. The van der Waals surface area contributed by atoms with Crippen LogP contribution in [0.15, 0.2) is 36.4 Å². The molecule has 0 radical (unpaired) electrons. The average Bonchev–Trinajstić information content (AvgIpc) is 2.37. The maximum absolute atomic E-state index is 13.3. The number of benzene rings is 2. The molecule has 0 atom stereocenters. The Kier molecular flexibility index (Phi) is 4.18. The Morgan fingerprint density at radius 3 is 2.40 bits per heavy atom. The van der Waals surface area contributed by atoms with E-state index in [1.807, 2.05) is 32.0 Å². The Morgan fingerprint density at radius 1 is 1.15 bits per heavy atom. The van der Waals surface area contributed by atoms with Crippen molar-refractivity contribution in [2.24, 2.45) is 0 Å². The van der Waals surface area contributed by atoms with Crippen LogP contribution in [0.5, 0.6) is 5.75 Å². The van der Waals surface area contributed by atoms with Crippen LogP contribution in [0.4, 0.5) is 4.39 Å². The highest BCUT2D eigenvalue weighted by Gasteiger charge is 2.11. The molecule has 104 valence electrons. The zero-order valence-corrected chi connectivity index (χ0v) is 11.9. The molecular weight excluding hydrogens is 255 g/mol. The quantitative estimate of drug-likeness (QED) is 0.779. The van der Waals surface area contributed by atoms with Gasteiger partial charge >= 0.3 is 0 Å².